The number of aryl methyl sites for hydroxylation is 1. The summed E-state index contributed by atoms with van der Waals surface area (Å²) in [6.07, 6.45) is 7.37. The maximum Gasteiger partial charge on any atom is 0.321 e. The second kappa shape index (κ2) is 11.5. The predicted molar refractivity (Wildman–Crippen MR) is 119 cm³/mol. The zero-order chi connectivity index (χ0) is 21.2. The quantitative estimate of drug-likeness (QED) is 0.563. The van der Waals surface area contributed by atoms with Crippen molar-refractivity contribution in [1.82, 2.24) is 15.6 Å². The molecule has 1 aliphatic rings. The highest BCUT2D eigenvalue weighted by atomic mass is 32.1. The Morgan fingerprint density at radius 1 is 1.20 bits per heavy atom. The normalized spacial score (nSPS) is 14.2. The van der Waals surface area contributed by atoms with E-state index in [1.165, 1.54) is 30.6 Å². The predicted octanol–water partition coefficient (Wildman–Crippen LogP) is 3.90. The third-order valence-corrected chi connectivity index (χ3v) is 6.00. The van der Waals surface area contributed by atoms with Gasteiger partial charge in [-0.15, -0.1) is 11.3 Å². The zero-order valence-corrected chi connectivity index (χ0v) is 18.2. The Labute approximate surface area is 181 Å². The molecule has 7 nitrogen and oxygen atoms in total. The molecule has 3 amide bonds. The average Bonchev–Trinajstić information content (AvgIpc) is 3.20. The molecule has 3 rings (SSSR count). The SMILES string of the molecule is COc1cccc(CCNC(=O)CCc2csc(NC(=O)NC3CCCCC3)n2)c1. The van der Waals surface area contributed by atoms with E-state index in [9.17, 15) is 9.59 Å². The third kappa shape index (κ3) is 7.33. The first-order valence-electron chi connectivity index (χ1n) is 10.5. The second-order valence-electron chi connectivity index (χ2n) is 7.53. The van der Waals surface area contributed by atoms with Gasteiger partial charge in [-0.25, -0.2) is 9.78 Å². The number of hydrogen-bond donors (Lipinski definition) is 3. The molecule has 0 spiro atoms. The van der Waals surface area contributed by atoms with Crippen LogP contribution in [0.5, 0.6) is 5.75 Å². The van der Waals surface area contributed by atoms with Crippen LogP contribution in [0, 0.1) is 0 Å². The number of methoxy groups -OCH3 is 1. The molecular formula is C22H30N4O3S. The lowest BCUT2D eigenvalue weighted by Crippen LogP contribution is -2.39. The summed E-state index contributed by atoms with van der Waals surface area (Å²) < 4.78 is 5.21. The van der Waals surface area contributed by atoms with E-state index in [4.69, 9.17) is 4.74 Å². The number of anilines is 1. The van der Waals surface area contributed by atoms with Crippen LogP contribution >= 0.6 is 11.3 Å². The number of hydrogen-bond acceptors (Lipinski definition) is 5. The van der Waals surface area contributed by atoms with Crippen molar-refractivity contribution < 1.29 is 14.3 Å². The van der Waals surface area contributed by atoms with Gasteiger partial charge in [0, 0.05) is 24.4 Å². The van der Waals surface area contributed by atoms with Gasteiger partial charge in [-0.1, -0.05) is 31.4 Å². The summed E-state index contributed by atoms with van der Waals surface area (Å²) in [5.41, 5.74) is 1.94. The van der Waals surface area contributed by atoms with Gasteiger partial charge >= 0.3 is 6.03 Å². The molecule has 0 atom stereocenters. The highest BCUT2D eigenvalue weighted by Gasteiger charge is 2.16. The molecule has 1 aliphatic carbocycles. The van der Waals surface area contributed by atoms with E-state index < -0.39 is 0 Å². The van der Waals surface area contributed by atoms with Crippen LogP contribution in [0.3, 0.4) is 0 Å². The molecule has 3 N–H and O–H groups in total. The van der Waals surface area contributed by atoms with Crippen LogP contribution in [0.1, 0.15) is 49.8 Å². The molecule has 2 aromatic rings. The van der Waals surface area contributed by atoms with Crippen LogP contribution in [-0.2, 0) is 17.6 Å². The van der Waals surface area contributed by atoms with Crippen molar-refractivity contribution in [1.29, 1.82) is 0 Å². The van der Waals surface area contributed by atoms with Gasteiger partial charge in [-0.05, 0) is 43.4 Å². The maximum absolute atomic E-state index is 12.1. The summed E-state index contributed by atoms with van der Waals surface area (Å²) in [5, 5.41) is 11.2. The number of ether oxygens (including phenoxy) is 1. The van der Waals surface area contributed by atoms with Crippen LogP contribution in [0.25, 0.3) is 0 Å². The number of aromatic nitrogens is 1. The Morgan fingerprint density at radius 2 is 2.03 bits per heavy atom. The highest BCUT2D eigenvalue weighted by molar-refractivity contribution is 7.13. The van der Waals surface area contributed by atoms with Crippen LogP contribution < -0.4 is 20.7 Å². The van der Waals surface area contributed by atoms with Crippen LogP contribution in [-0.4, -0.2) is 36.6 Å². The second-order valence-corrected chi connectivity index (χ2v) is 8.39. The Bertz CT molecular complexity index is 833. The number of nitrogens with one attached hydrogen (secondary N) is 3. The minimum absolute atomic E-state index is 0.00422. The van der Waals surface area contributed by atoms with Crippen LogP contribution in [0.15, 0.2) is 29.6 Å². The first-order chi connectivity index (χ1) is 14.6. The zero-order valence-electron chi connectivity index (χ0n) is 17.4. The number of amides is 3. The molecule has 162 valence electrons. The fourth-order valence-corrected chi connectivity index (χ4v) is 4.29. The van der Waals surface area contributed by atoms with Crippen molar-refractivity contribution in [2.24, 2.45) is 0 Å². The van der Waals surface area contributed by atoms with Crippen LogP contribution in [0.4, 0.5) is 9.93 Å². The third-order valence-electron chi connectivity index (χ3n) is 5.19. The van der Waals surface area contributed by atoms with E-state index in [2.05, 4.69) is 20.9 Å². The molecule has 8 heteroatoms. The van der Waals surface area contributed by atoms with E-state index in [-0.39, 0.29) is 18.0 Å². The van der Waals surface area contributed by atoms with Gasteiger partial charge in [0.1, 0.15) is 5.75 Å². The minimum Gasteiger partial charge on any atom is -0.497 e. The summed E-state index contributed by atoms with van der Waals surface area (Å²) in [7, 11) is 1.64. The van der Waals surface area contributed by atoms with Crippen molar-refractivity contribution in [3.63, 3.8) is 0 Å². The number of urea groups is 1. The Balaban J connectivity index is 1.34. The van der Waals surface area contributed by atoms with E-state index in [1.807, 2.05) is 29.6 Å². The fourth-order valence-electron chi connectivity index (χ4n) is 3.55. The minimum atomic E-state index is -0.196. The Morgan fingerprint density at radius 3 is 2.83 bits per heavy atom. The summed E-state index contributed by atoms with van der Waals surface area (Å²) in [4.78, 5) is 28.6. The molecule has 1 aromatic carbocycles. The lowest BCUT2D eigenvalue weighted by atomic mass is 9.96. The number of benzene rings is 1. The largest absolute Gasteiger partial charge is 0.497 e. The molecule has 0 radical (unpaired) electrons. The van der Waals surface area contributed by atoms with Crippen molar-refractivity contribution >= 4 is 28.4 Å². The maximum atomic E-state index is 12.1. The van der Waals surface area contributed by atoms with E-state index >= 15 is 0 Å². The first kappa shape index (κ1) is 22.1. The van der Waals surface area contributed by atoms with Gasteiger partial charge in [-0.2, -0.15) is 0 Å². The van der Waals surface area contributed by atoms with Gasteiger partial charge in [0.15, 0.2) is 5.13 Å². The molecular weight excluding hydrogens is 400 g/mol. The highest BCUT2D eigenvalue weighted by Crippen LogP contribution is 2.19. The van der Waals surface area contributed by atoms with Gasteiger partial charge in [0.25, 0.3) is 0 Å². The number of nitrogens with zero attached hydrogens (tertiary/aromatic N) is 1. The smallest absolute Gasteiger partial charge is 0.321 e. The molecule has 1 aromatic heterocycles. The first-order valence-corrected chi connectivity index (χ1v) is 11.4. The van der Waals surface area contributed by atoms with Gasteiger partial charge in [-0.3, -0.25) is 10.1 Å². The Kier molecular flexibility index (Phi) is 8.50. The summed E-state index contributed by atoms with van der Waals surface area (Å²) >= 11 is 1.38. The van der Waals surface area contributed by atoms with E-state index in [0.717, 1.165) is 36.3 Å². The van der Waals surface area contributed by atoms with Gasteiger partial charge in [0.2, 0.25) is 5.91 Å². The summed E-state index contributed by atoms with van der Waals surface area (Å²) in [6, 6.07) is 7.90. The van der Waals surface area contributed by atoms with Crippen molar-refractivity contribution in [2.75, 3.05) is 19.0 Å². The summed E-state index contributed by atoms with van der Waals surface area (Å²) in [5.74, 6) is 0.814. The molecule has 0 unspecified atom stereocenters. The van der Waals surface area contributed by atoms with Crippen LogP contribution in [0.2, 0.25) is 0 Å². The van der Waals surface area contributed by atoms with E-state index in [1.54, 1.807) is 7.11 Å². The molecule has 0 saturated heterocycles. The van der Waals surface area contributed by atoms with Crippen molar-refractivity contribution in [3.8, 4) is 5.75 Å². The standard InChI is InChI=1S/C22H30N4O3S/c1-29-19-9-5-6-16(14-19)12-13-23-20(27)11-10-18-15-30-22(25-18)26-21(28)24-17-7-3-2-4-8-17/h5-6,9,14-15,17H,2-4,7-8,10-13H2,1H3,(H,23,27)(H2,24,25,26,28). The number of carbonyl (C=O) groups is 2. The van der Waals surface area contributed by atoms with Crippen molar-refractivity contribution in [3.05, 3.63) is 40.9 Å². The number of rotatable bonds is 9. The van der Waals surface area contributed by atoms with Crippen molar-refractivity contribution in [2.45, 2.75) is 57.4 Å². The van der Waals surface area contributed by atoms with E-state index in [0.29, 0.717) is 24.5 Å². The van der Waals surface area contributed by atoms with Gasteiger partial charge < -0.3 is 15.4 Å². The molecule has 0 aliphatic heterocycles. The molecule has 30 heavy (non-hydrogen) atoms. The topological polar surface area (TPSA) is 92.4 Å². The molecule has 1 saturated carbocycles. The Hall–Kier alpha value is -2.61. The van der Waals surface area contributed by atoms with Gasteiger partial charge in [0.05, 0.1) is 12.8 Å². The molecule has 1 heterocycles. The lowest BCUT2D eigenvalue weighted by Gasteiger charge is -2.22. The lowest BCUT2D eigenvalue weighted by molar-refractivity contribution is -0.121. The fraction of sp³-hybridized carbons (Fsp3) is 0.500. The monoisotopic (exact) mass is 430 g/mol. The molecule has 1 fully saturated rings. The molecule has 0 bridgehead atoms. The number of carbonyl (C=O) groups excluding carboxylic acids is 2. The summed E-state index contributed by atoms with van der Waals surface area (Å²) in [6.45, 7) is 0.581. The average molecular weight is 431 g/mol. The number of thiazole rings is 1.